The van der Waals surface area contributed by atoms with Gasteiger partial charge in [-0.2, -0.15) is 0 Å². The van der Waals surface area contributed by atoms with E-state index in [1.165, 1.54) is 6.42 Å². The number of guanidine groups is 1. The van der Waals surface area contributed by atoms with Crippen LogP contribution < -0.4 is 33.2 Å². The number of amidine groups is 1. The van der Waals surface area contributed by atoms with E-state index in [9.17, 15) is 14.4 Å². The van der Waals surface area contributed by atoms with Crippen LogP contribution in [0.15, 0.2) is 59.6 Å². The van der Waals surface area contributed by atoms with Gasteiger partial charge >= 0.3 is 0 Å². The third-order valence-electron chi connectivity index (χ3n) is 10.1. The van der Waals surface area contributed by atoms with E-state index in [1.54, 1.807) is 0 Å². The highest BCUT2D eigenvalue weighted by molar-refractivity contribution is 5.95. The molecule has 2 fully saturated rings. The monoisotopic (exact) mass is 672 g/mol. The van der Waals surface area contributed by atoms with Gasteiger partial charge in [0.1, 0.15) is 17.9 Å². The number of nitrogens with one attached hydrogen (secondary N) is 4. The molecule has 0 spiro atoms. The molecule has 2 aliphatic carbocycles. The van der Waals surface area contributed by atoms with E-state index in [2.05, 4.69) is 20.9 Å². The number of aliphatic imine (C=N–C) groups is 1. The molecule has 0 aromatic heterocycles. The van der Waals surface area contributed by atoms with Crippen LogP contribution in [0.1, 0.15) is 93.7 Å². The smallest absolute Gasteiger partial charge is 0.243 e. The standard InChI is InChI=1S/C38H56N8O3/c39-34(40)30-20-18-27(19-21-30)25-31(28-13-6-2-7-14-28)35(47)46-33(29-15-8-3-9-16-29)37(49)45-32(17-10-23-44-38(41)42)36(48)43-24-22-26-11-4-1-5-12-26/h1,4-5,11-12,18-21,28-29,31-33H,2-3,6-10,13-17,22-25H2,(H3,39,40)(H,43,48)(H,45,49)(H,46,47)(H4,41,42,44). The topological polar surface area (TPSA) is 202 Å². The van der Waals surface area contributed by atoms with Crippen molar-refractivity contribution >= 4 is 29.5 Å². The second kappa shape index (κ2) is 19.6. The maximum Gasteiger partial charge on any atom is 0.243 e. The molecular weight excluding hydrogens is 616 g/mol. The second-order valence-corrected chi connectivity index (χ2v) is 13.7. The second-order valence-electron chi connectivity index (χ2n) is 13.7. The van der Waals surface area contributed by atoms with Gasteiger partial charge in [0.15, 0.2) is 5.96 Å². The first-order chi connectivity index (χ1) is 23.7. The van der Waals surface area contributed by atoms with Crippen molar-refractivity contribution < 1.29 is 14.4 Å². The molecular formula is C38H56N8O3. The Kier molecular flexibility index (Phi) is 14.9. The number of nitrogens with zero attached hydrogens (tertiary/aromatic N) is 1. The van der Waals surface area contributed by atoms with Crippen LogP contribution in [0.25, 0.3) is 0 Å². The van der Waals surface area contributed by atoms with Gasteiger partial charge in [-0.1, -0.05) is 93.1 Å². The fourth-order valence-electron chi connectivity index (χ4n) is 7.34. The maximum absolute atomic E-state index is 14.3. The molecule has 11 nitrogen and oxygen atoms in total. The number of nitrogens with two attached hydrogens (primary N) is 3. The van der Waals surface area contributed by atoms with Crippen LogP contribution in [-0.2, 0) is 27.2 Å². The lowest BCUT2D eigenvalue weighted by atomic mass is 9.76. The van der Waals surface area contributed by atoms with Crippen LogP contribution in [0.4, 0.5) is 0 Å². The highest BCUT2D eigenvalue weighted by Crippen LogP contribution is 2.33. The molecule has 0 aliphatic heterocycles. The summed E-state index contributed by atoms with van der Waals surface area (Å²) in [5.74, 6) is -0.790. The van der Waals surface area contributed by atoms with Gasteiger partial charge in [0.25, 0.3) is 0 Å². The number of hydrogen-bond donors (Lipinski definition) is 7. The highest BCUT2D eigenvalue weighted by Gasteiger charge is 2.37. The highest BCUT2D eigenvalue weighted by atomic mass is 16.2. The molecule has 3 amide bonds. The first-order valence-electron chi connectivity index (χ1n) is 18.1. The first-order valence-corrected chi connectivity index (χ1v) is 18.1. The Morgan fingerprint density at radius 1 is 0.755 bits per heavy atom. The predicted molar refractivity (Wildman–Crippen MR) is 195 cm³/mol. The normalized spacial score (nSPS) is 17.2. The quantitative estimate of drug-likeness (QED) is 0.0759. The number of carbonyl (C=O) groups is 3. The summed E-state index contributed by atoms with van der Waals surface area (Å²) in [6.07, 6.45) is 12.2. The van der Waals surface area contributed by atoms with Crippen molar-refractivity contribution in [3.05, 3.63) is 71.3 Å². The van der Waals surface area contributed by atoms with E-state index in [-0.39, 0.29) is 47.3 Å². The molecule has 3 atom stereocenters. The van der Waals surface area contributed by atoms with Crippen molar-refractivity contribution in [2.45, 2.75) is 102 Å². The Hall–Kier alpha value is -4.41. The molecule has 10 N–H and O–H groups in total. The fraction of sp³-hybridized carbons (Fsp3) is 0.553. The molecule has 266 valence electrons. The summed E-state index contributed by atoms with van der Waals surface area (Å²) in [6.45, 7) is 0.771. The SMILES string of the molecule is N=C(N)c1ccc(CC(C(=O)NC(C(=O)NC(CCCN=C(N)N)C(=O)NCCc2ccccc2)C2CCCCC2)C2CCCCC2)cc1. The zero-order valence-corrected chi connectivity index (χ0v) is 28.8. The Labute approximate surface area is 291 Å². The molecule has 0 heterocycles. The largest absolute Gasteiger partial charge is 0.384 e. The number of carbonyl (C=O) groups excluding carboxylic acids is 3. The summed E-state index contributed by atoms with van der Waals surface area (Å²) in [4.78, 5) is 46.0. The zero-order chi connectivity index (χ0) is 35.0. The van der Waals surface area contributed by atoms with Crippen LogP contribution in [0.2, 0.25) is 0 Å². The minimum absolute atomic E-state index is 0.00822. The Morgan fingerprint density at radius 2 is 1.39 bits per heavy atom. The lowest BCUT2D eigenvalue weighted by Gasteiger charge is -2.34. The van der Waals surface area contributed by atoms with Crippen molar-refractivity contribution in [3.63, 3.8) is 0 Å². The molecule has 0 radical (unpaired) electrons. The van der Waals surface area contributed by atoms with Crippen LogP contribution in [0, 0.1) is 23.2 Å². The Bertz CT molecular complexity index is 1380. The number of nitrogen functional groups attached to an aromatic ring is 1. The number of benzene rings is 2. The summed E-state index contributed by atoms with van der Waals surface area (Å²) >= 11 is 0. The van der Waals surface area contributed by atoms with Crippen molar-refractivity contribution in [3.8, 4) is 0 Å². The number of hydrogen-bond acceptors (Lipinski definition) is 5. The predicted octanol–water partition coefficient (Wildman–Crippen LogP) is 3.67. The van der Waals surface area contributed by atoms with E-state index >= 15 is 0 Å². The van der Waals surface area contributed by atoms with Crippen LogP contribution >= 0.6 is 0 Å². The molecule has 11 heteroatoms. The van der Waals surface area contributed by atoms with Gasteiger partial charge in [0.05, 0.1) is 0 Å². The molecule has 2 aromatic carbocycles. The summed E-state index contributed by atoms with van der Waals surface area (Å²) in [7, 11) is 0. The van der Waals surface area contributed by atoms with Crippen LogP contribution in [-0.4, -0.2) is 54.7 Å². The van der Waals surface area contributed by atoms with E-state index in [4.69, 9.17) is 22.6 Å². The summed E-state index contributed by atoms with van der Waals surface area (Å²) in [5, 5.41) is 17.0. The Morgan fingerprint density at radius 3 is 2.00 bits per heavy atom. The van der Waals surface area contributed by atoms with E-state index in [0.29, 0.717) is 44.3 Å². The summed E-state index contributed by atoms with van der Waals surface area (Å²) in [5.41, 5.74) is 19.4. The summed E-state index contributed by atoms with van der Waals surface area (Å²) in [6, 6.07) is 15.9. The molecule has 0 saturated heterocycles. The lowest BCUT2D eigenvalue weighted by molar-refractivity contribution is -0.135. The molecule has 2 aromatic rings. The van der Waals surface area contributed by atoms with Crippen molar-refractivity contribution in [2.75, 3.05) is 13.1 Å². The lowest BCUT2D eigenvalue weighted by Crippen LogP contribution is -2.57. The molecule has 4 rings (SSSR count). The zero-order valence-electron chi connectivity index (χ0n) is 28.8. The molecule has 3 unspecified atom stereocenters. The summed E-state index contributed by atoms with van der Waals surface area (Å²) < 4.78 is 0. The van der Waals surface area contributed by atoms with Gasteiger partial charge in [-0.25, -0.2) is 0 Å². The number of amides is 3. The van der Waals surface area contributed by atoms with Gasteiger partial charge in [0.2, 0.25) is 17.7 Å². The van der Waals surface area contributed by atoms with Crippen molar-refractivity contribution in [1.82, 2.24) is 16.0 Å². The van der Waals surface area contributed by atoms with Crippen molar-refractivity contribution in [2.24, 2.45) is 39.9 Å². The van der Waals surface area contributed by atoms with E-state index < -0.39 is 12.1 Å². The third kappa shape index (κ3) is 12.2. The Balaban J connectivity index is 1.50. The van der Waals surface area contributed by atoms with Crippen LogP contribution in [0.5, 0.6) is 0 Å². The van der Waals surface area contributed by atoms with E-state index in [1.807, 2.05) is 54.6 Å². The van der Waals surface area contributed by atoms with Gasteiger partial charge in [0, 0.05) is 24.6 Å². The molecule has 0 bridgehead atoms. The van der Waals surface area contributed by atoms with Gasteiger partial charge in [-0.3, -0.25) is 24.8 Å². The minimum Gasteiger partial charge on any atom is -0.384 e. The number of rotatable bonds is 17. The molecule has 49 heavy (non-hydrogen) atoms. The fourth-order valence-corrected chi connectivity index (χ4v) is 7.34. The minimum atomic E-state index is -0.797. The average molecular weight is 673 g/mol. The van der Waals surface area contributed by atoms with E-state index in [0.717, 1.165) is 68.9 Å². The molecule has 2 saturated carbocycles. The third-order valence-corrected chi connectivity index (χ3v) is 10.1. The first kappa shape index (κ1) is 37.4. The van der Waals surface area contributed by atoms with Gasteiger partial charge < -0.3 is 33.2 Å². The maximum atomic E-state index is 14.3. The average Bonchev–Trinajstić information content (AvgIpc) is 3.11. The van der Waals surface area contributed by atoms with Gasteiger partial charge in [-0.05, 0) is 74.3 Å². The van der Waals surface area contributed by atoms with Crippen molar-refractivity contribution in [1.29, 1.82) is 5.41 Å². The van der Waals surface area contributed by atoms with Crippen LogP contribution in [0.3, 0.4) is 0 Å². The van der Waals surface area contributed by atoms with Gasteiger partial charge in [-0.15, -0.1) is 0 Å². The molecule has 2 aliphatic rings.